The molecular formula is C58H36N2. The molecule has 3 aliphatic carbocycles. The Bertz CT molecular complexity index is 3610. The number of hydrogen-bond donors (Lipinski definition) is 0. The lowest BCUT2D eigenvalue weighted by atomic mass is 9.50. The zero-order chi connectivity index (χ0) is 39.2. The SMILES string of the molecule is c1ccc(N(c2ccc3cccc4c3c2C23c5ccccc5-c5ccccc5C42c2cccc4cccc3c24)c2cccc3c2c2ccccc2n3-c2ccccc2)cc1. The van der Waals surface area contributed by atoms with Crippen LogP contribution in [-0.4, -0.2) is 4.57 Å². The third kappa shape index (κ3) is 3.64. The lowest BCUT2D eigenvalue weighted by molar-refractivity contribution is 0.461. The van der Waals surface area contributed by atoms with Gasteiger partial charge in [0, 0.05) is 27.7 Å². The van der Waals surface area contributed by atoms with Gasteiger partial charge in [-0.2, -0.15) is 0 Å². The fraction of sp³-hybridized carbons (Fsp3) is 0.0345. The highest BCUT2D eigenvalue weighted by Gasteiger charge is 2.69. The van der Waals surface area contributed by atoms with Gasteiger partial charge in [-0.1, -0.05) is 170 Å². The molecule has 2 nitrogen and oxygen atoms in total. The number of para-hydroxylation sites is 3. The second-order valence-electron chi connectivity index (χ2n) is 16.7. The van der Waals surface area contributed by atoms with Gasteiger partial charge in [0.15, 0.2) is 0 Å². The van der Waals surface area contributed by atoms with Crippen molar-refractivity contribution in [2.45, 2.75) is 10.8 Å². The van der Waals surface area contributed by atoms with Crippen molar-refractivity contribution in [2.75, 3.05) is 4.90 Å². The predicted octanol–water partition coefficient (Wildman–Crippen LogP) is 14.5. The van der Waals surface area contributed by atoms with Crippen LogP contribution >= 0.6 is 0 Å². The molecule has 0 saturated heterocycles. The lowest BCUT2D eigenvalue weighted by Gasteiger charge is -2.50. The molecule has 2 atom stereocenters. The van der Waals surface area contributed by atoms with Crippen LogP contribution in [0.5, 0.6) is 0 Å². The average molecular weight is 761 g/mol. The summed E-state index contributed by atoms with van der Waals surface area (Å²) in [6.07, 6.45) is 0. The van der Waals surface area contributed by atoms with E-state index < -0.39 is 10.8 Å². The van der Waals surface area contributed by atoms with Gasteiger partial charge in [-0.3, -0.25) is 0 Å². The molecule has 0 N–H and O–H groups in total. The Hall–Kier alpha value is -7.68. The highest BCUT2D eigenvalue weighted by Crippen LogP contribution is 2.76. The summed E-state index contributed by atoms with van der Waals surface area (Å²) in [5.41, 5.74) is 16.8. The van der Waals surface area contributed by atoms with Crippen molar-refractivity contribution in [3.63, 3.8) is 0 Å². The first-order valence-electron chi connectivity index (χ1n) is 21.0. The summed E-state index contributed by atoms with van der Waals surface area (Å²) in [6, 6.07) is 82.2. The number of fused-ring (bicyclic) bond motifs is 6. The van der Waals surface area contributed by atoms with Gasteiger partial charge >= 0.3 is 0 Å². The zero-order valence-corrected chi connectivity index (χ0v) is 32.7. The van der Waals surface area contributed by atoms with Crippen molar-refractivity contribution in [1.29, 1.82) is 0 Å². The summed E-state index contributed by atoms with van der Waals surface area (Å²) in [5, 5.41) is 7.76. The normalized spacial score (nSPS) is 17.8. The van der Waals surface area contributed by atoms with Crippen LogP contribution in [0, 0.1) is 0 Å². The standard InChI is InChI=1S/C58H36N2/c1-3-20-39(21-4-1)59-49-32-12-9-26-43(49)55-50(59)33-16-34-51(55)60(40-22-5-2-6-23-40)52-36-35-38-19-15-31-48-54(38)56(52)58-45-28-11-8-25-42(45)41-24-7-10-27-44(41)57(48,58)46-29-13-17-37-18-14-30-47(58)53(37)46/h1-36H. The number of aromatic nitrogens is 1. The number of anilines is 3. The van der Waals surface area contributed by atoms with Gasteiger partial charge in [0.1, 0.15) is 0 Å². The predicted molar refractivity (Wildman–Crippen MR) is 249 cm³/mol. The first-order valence-corrected chi connectivity index (χ1v) is 21.0. The zero-order valence-electron chi connectivity index (χ0n) is 32.7. The van der Waals surface area contributed by atoms with Crippen molar-refractivity contribution in [2.24, 2.45) is 0 Å². The third-order valence-corrected chi connectivity index (χ3v) is 14.2. The molecule has 0 amide bonds. The molecule has 0 saturated carbocycles. The summed E-state index contributed by atoms with van der Waals surface area (Å²) in [4.78, 5) is 2.59. The van der Waals surface area contributed by atoms with Crippen molar-refractivity contribution in [3.05, 3.63) is 252 Å². The highest BCUT2D eigenvalue weighted by atomic mass is 15.2. The molecule has 2 heteroatoms. The van der Waals surface area contributed by atoms with Gasteiger partial charge in [-0.05, 0) is 109 Å². The Morgan fingerprint density at radius 2 is 0.867 bits per heavy atom. The van der Waals surface area contributed by atoms with E-state index in [9.17, 15) is 0 Å². The van der Waals surface area contributed by atoms with Gasteiger partial charge in [-0.25, -0.2) is 0 Å². The van der Waals surface area contributed by atoms with Crippen molar-refractivity contribution in [1.82, 2.24) is 4.57 Å². The second kappa shape index (κ2) is 11.5. The Morgan fingerprint density at radius 3 is 1.60 bits per heavy atom. The maximum Gasteiger partial charge on any atom is 0.0668 e. The summed E-state index contributed by atoms with van der Waals surface area (Å²) in [5.74, 6) is 0. The lowest BCUT2D eigenvalue weighted by Crippen LogP contribution is -2.49. The van der Waals surface area contributed by atoms with E-state index in [0.717, 1.165) is 17.1 Å². The molecule has 0 bridgehead atoms. The largest absolute Gasteiger partial charge is 0.309 e. The van der Waals surface area contributed by atoms with Gasteiger partial charge < -0.3 is 9.47 Å². The summed E-state index contributed by atoms with van der Waals surface area (Å²) < 4.78 is 2.43. The van der Waals surface area contributed by atoms with E-state index in [2.05, 4.69) is 228 Å². The molecule has 3 aliphatic rings. The first-order chi connectivity index (χ1) is 29.8. The molecule has 0 fully saturated rings. The molecule has 10 aromatic carbocycles. The Kier molecular flexibility index (Phi) is 6.19. The van der Waals surface area contributed by atoms with Crippen molar-refractivity contribution in [3.8, 4) is 16.8 Å². The van der Waals surface area contributed by atoms with E-state index in [1.165, 1.54) is 93.5 Å². The van der Waals surface area contributed by atoms with E-state index in [1.807, 2.05) is 0 Å². The molecule has 0 radical (unpaired) electrons. The minimum Gasteiger partial charge on any atom is -0.309 e. The monoisotopic (exact) mass is 760 g/mol. The van der Waals surface area contributed by atoms with E-state index in [0.29, 0.717) is 0 Å². The molecule has 0 aliphatic heterocycles. The van der Waals surface area contributed by atoms with Gasteiger partial charge in [0.25, 0.3) is 0 Å². The fourth-order valence-corrected chi connectivity index (χ4v) is 12.4. The quantitative estimate of drug-likeness (QED) is 0.173. The van der Waals surface area contributed by atoms with E-state index >= 15 is 0 Å². The first kappa shape index (κ1) is 32.3. The van der Waals surface area contributed by atoms with Crippen LogP contribution < -0.4 is 4.90 Å². The molecule has 60 heavy (non-hydrogen) atoms. The molecular weight excluding hydrogens is 725 g/mol. The van der Waals surface area contributed by atoms with Crippen LogP contribution in [0.2, 0.25) is 0 Å². The molecule has 1 aromatic heterocycles. The topological polar surface area (TPSA) is 8.17 Å². The van der Waals surface area contributed by atoms with Crippen LogP contribution in [0.15, 0.2) is 218 Å². The molecule has 14 rings (SSSR count). The van der Waals surface area contributed by atoms with E-state index in [-0.39, 0.29) is 0 Å². The minimum atomic E-state index is -0.585. The Balaban J connectivity index is 1.20. The second-order valence-corrected chi connectivity index (χ2v) is 16.7. The van der Waals surface area contributed by atoms with Crippen molar-refractivity contribution >= 4 is 60.4 Å². The Morgan fingerprint density at radius 1 is 0.333 bits per heavy atom. The smallest absolute Gasteiger partial charge is 0.0668 e. The fourth-order valence-electron chi connectivity index (χ4n) is 12.4. The summed E-state index contributed by atoms with van der Waals surface area (Å²) in [6.45, 7) is 0. The number of nitrogens with zero attached hydrogens (tertiary/aromatic N) is 2. The Labute approximate surface area is 347 Å². The maximum absolute atomic E-state index is 2.59. The molecule has 1 heterocycles. The van der Waals surface area contributed by atoms with E-state index in [4.69, 9.17) is 0 Å². The van der Waals surface area contributed by atoms with Gasteiger partial charge in [0.2, 0.25) is 0 Å². The summed E-state index contributed by atoms with van der Waals surface area (Å²) in [7, 11) is 0. The van der Waals surface area contributed by atoms with Crippen LogP contribution in [0.3, 0.4) is 0 Å². The van der Waals surface area contributed by atoms with Gasteiger partial charge in [0.05, 0.1) is 33.2 Å². The minimum absolute atomic E-state index is 0.517. The van der Waals surface area contributed by atoms with Crippen molar-refractivity contribution < 1.29 is 0 Å². The molecule has 2 unspecified atom stereocenters. The van der Waals surface area contributed by atoms with Gasteiger partial charge in [-0.15, -0.1) is 0 Å². The average Bonchev–Trinajstić information content (AvgIpc) is 3.91. The van der Waals surface area contributed by atoms with Crippen LogP contribution in [0.4, 0.5) is 17.1 Å². The van der Waals surface area contributed by atoms with E-state index in [1.54, 1.807) is 0 Å². The number of hydrogen-bond acceptors (Lipinski definition) is 1. The maximum atomic E-state index is 2.59. The van der Waals surface area contributed by atoms with Crippen LogP contribution in [0.25, 0.3) is 60.2 Å². The third-order valence-electron chi connectivity index (χ3n) is 14.2. The summed E-state index contributed by atoms with van der Waals surface area (Å²) >= 11 is 0. The molecule has 278 valence electrons. The highest BCUT2D eigenvalue weighted by molar-refractivity contribution is 6.18. The van der Waals surface area contributed by atoms with Crippen LogP contribution in [0.1, 0.15) is 33.4 Å². The van der Waals surface area contributed by atoms with Crippen LogP contribution in [-0.2, 0) is 10.8 Å². The number of benzene rings is 10. The number of rotatable bonds is 4. The molecule has 11 aromatic rings. The molecule has 0 spiro atoms.